The van der Waals surface area contributed by atoms with Gasteiger partial charge >= 0.3 is 0 Å². The van der Waals surface area contributed by atoms with E-state index in [1.807, 2.05) is 13.8 Å². The molecule has 0 aromatic heterocycles. The van der Waals surface area contributed by atoms with Gasteiger partial charge in [-0.25, -0.2) is 0 Å². The Labute approximate surface area is 73.5 Å². The topological polar surface area (TPSA) is 43.1 Å². The average molecular weight is 165 g/mol. The summed E-state index contributed by atoms with van der Waals surface area (Å²) in [6.45, 7) is 11.3. The van der Waals surface area contributed by atoms with Gasteiger partial charge in [-0.2, -0.15) is 0 Å². The van der Waals surface area contributed by atoms with E-state index in [9.17, 15) is 4.79 Å². The van der Waals surface area contributed by atoms with Crippen molar-refractivity contribution in [1.29, 1.82) is 0 Å². The maximum Gasteiger partial charge on any atom is 0.248 e. The molecule has 0 aliphatic heterocycles. The molecule has 0 fully saturated rings. The standard InChI is InChI=1S/C10H15NO/c1-7(2)8(3)5-6-9(4)10(11)12/h5-7H,3-4H2,1-2H3,(H2,11,12)/b6-5-. The molecule has 0 saturated heterocycles. The molecule has 0 aliphatic carbocycles. The van der Waals surface area contributed by atoms with Gasteiger partial charge in [0.1, 0.15) is 0 Å². The summed E-state index contributed by atoms with van der Waals surface area (Å²) in [5.74, 6) is -0.121. The molecular weight excluding hydrogens is 150 g/mol. The van der Waals surface area contributed by atoms with Crippen LogP contribution >= 0.6 is 0 Å². The van der Waals surface area contributed by atoms with Gasteiger partial charge in [0.05, 0.1) is 0 Å². The summed E-state index contributed by atoms with van der Waals surface area (Å²) in [7, 11) is 0. The smallest absolute Gasteiger partial charge is 0.248 e. The van der Waals surface area contributed by atoms with Crippen LogP contribution in [0.2, 0.25) is 0 Å². The quantitative estimate of drug-likeness (QED) is 0.501. The molecule has 1 amide bonds. The van der Waals surface area contributed by atoms with E-state index in [0.29, 0.717) is 11.5 Å². The minimum absolute atomic E-state index is 0.303. The van der Waals surface area contributed by atoms with Crippen molar-refractivity contribution in [2.75, 3.05) is 0 Å². The molecule has 0 unspecified atom stereocenters. The molecule has 0 atom stereocenters. The number of rotatable bonds is 4. The van der Waals surface area contributed by atoms with E-state index in [1.54, 1.807) is 12.2 Å². The van der Waals surface area contributed by atoms with E-state index in [-0.39, 0.29) is 0 Å². The molecule has 2 heteroatoms. The van der Waals surface area contributed by atoms with Gasteiger partial charge in [0.25, 0.3) is 0 Å². The van der Waals surface area contributed by atoms with Gasteiger partial charge in [0.15, 0.2) is 0 Å². The first-order chi connectivity index (χ1) is 5.45. The molecule has 0 bridgehead atoms. The van der Waals surface area contributed by atoms with Gasteiger partial charge in [-0.1, -0.05) is 38.7 Å². The van der Waals surface area contributed by atoms with Crippen LogP contribution in [0.15, 0.2) is 36.5 Å². The third-order valence-electron chi connectivity index (χ3n) is 1.56. The number of amides is 1. The van der Waals surface area contributed by atoms with Crippen molar-refractivity contribution in [3.8, 4) is 0 Å². The predicted octanol–water partition coefficient (Wildman–Crippen LogP) is 1.80. The van der Waals surface area contributed by atoms with Gasteiger partial charge in [0.2, 0.25) is 5.91 Å². The Balaban J connectivity index is 4.17. The largest absolute Gasteiger partial charge is 0.366 e. The van der Waals surface area contributed by atoms with Crippen molar-refractivity contribution in [3.05, 3.63) is 36.5 Å². The number of allylic oxidation sites excluding steroid dienone is 2. The summed E-state index contributed by atoms with van der Waals surface area (Å²) in [5, 5.41) is 0. The van der Waals surface area contributed by atoms with Crippen molar-refractivity contribution in [2.24, 2.45) is 11.7 Å². The van der Waals surface area contributed by atoms with Crippen molar-refractivity contribution in [2.45, 2.75) is 13.8 Å². The Hall–Kier alpha value is -1.31. The Kier molecular flexibility index (Phi) is 4.05. The fraction of sp³-hybridized carbons (Fsp3) is 0.300. The zero-order valence-corrected chi connectivity index (χ0v) is 7.63. The highest BCUT2D eigenvalue weighted by atomic mass is 16.1. The lowest BCUT2D eigenvalue weighted by Gasteiger charge is -2.02. The molecule has 0 aromatic carbocycles. The predicted molar refractivity (Wildman–Crippen MR) is 51.5 cm³/mol. The van der Waals surface area contributed by atoms with Crippen LogP contribution < -0.4 is 5.73 Å². The molecule has 0 spiro atoms. The molecule has 0 rings (SSSR count). The van der Waals surface area contributed by atoms with Crippen LogP contribution in [0.25, 0.3) is 0 Å². The number of primary amides is 1. The number of nitrogens with two attached hydrogens (primary N) is 1. The highest BCUT2D eigenvalue weighted by Gasteiger charge is 1.97. The van der Waals surface area contributed by atoms with Crippen molar-refractivity contribution >= 4 is 5.91 Å². The average Bonchev–Trinajstić information content (AvgIpc) is 1.98. The SMILES string of the molecule is C=C(/C=C\C(=C)C(C)C)C(N)=O. The zero-order chi connectivity index (χ0) is 9.72. The number of carbonyl (C=O) groups excluding carboxylic acids is 1. The van der Waals surface area contributed by atoms with E-state index in [0.717, 1.165) is 5.57 Å². The summed E-state index contributed by atoms with van der Waals surface area (Å²) in [6.07, 6.45) is 3.35. The highest BCUT2D eigenvalue weighted by molar-refractivity contribution is 5.94. The number of hydrogen-bond donors (Lipinski definition) is 1. The lowest BCUT2D eigenvalue weighted by molar-refractivity contribution is -0.114. The number of hydrogen-bond acceptors (Lipinski definition) is 1. The monoisotopic (exact) mass is 165 g/mol. The Morgan fingerprint density at radius 1 is 1.33 bits per heavy atom. The zero-order valence-electron chi connectivity index (χ0n) is 7.63. The van der Waals surface area contributed by atoms with E-state index < -0.39 is 5.91 Å². The molecule has 0 aromatic rings. The highest BCUT2D eigenvalue weighted by Crippen LogP contribution is 2.08. The van der Waals surface area contributed by atoms with Crippen LogP contribution in [-0.4, -0.2) is 5.91 Å². The fourth-order valence-electron chi connectivity index (χ4n) is 0.482. The second kappa shape index (κ2) is 4.54. The van der Waals surface area contributed by atoms with Gasteiger partial charge in [-0.05, 0) is 12.0 Å². The molecule has 0 radical (unpaired) electrons. The Morgan fingerprint density at radius 3 is 2.17 bits per heavy atom. The first-order valence-electron chi connectivity index (χ1n) is 3.80. The second-order valence-corrected chi connectivity index (χ2v) is 2.95. The lowest BCUT2D eigenvalue weighted by Crippen LogP contribution is -2.11. The molecule has 2 N–H and O–H groups in total. The van der Waals surface area contributed by atoms with Crippen molar-refractivity contribution in [1.82, 2.24) is 0 Å². The first-order valence-corrected chi connectivity index (χ1v) is 3.80. The van der Waals surface area contributed by atoms with E-state index >= 15 is 0 Å². The van der Waals surface area contributed by atoms with Crippen LogP contribution in [0.4, 0.5) is 0 Å². The normalized spacial score (nSPS) is 10.6. The summed E-state index contributed by atoms with van der Waals surface area (Å²) in [4.78, 5) is 10.5. The minimum atomic E-state index is -0.497. The van der Waals surface area contributed by atoms with E-state index in [4.69, 9.17) is 5.73 Å². The summed E-state index contributed by atoms with van der Waals surface area (Å²) >= 11 is 0. The first kappa shape index (κ1) is 10.7. The Morgan fingerprint density at radius 2 is 1.83 bits per heavy atom. The molecule has 12 heavy (non-hydrogen) atoms. The second-order valence-electron chi connectivity index (χ2n) is 2.95. The van der Waals surface area contributed by atoms with Crippen LogP contribution in [-0.2, 0) is 4.79 Å². The van der Waals surface area contributed by atoms with E-state index in [1.165, 1.54) is 0 Å². The van der Waals surface area contributed by atoms with Gasteiger partial charge < -0.3 is 5.73 Å². The van der Waals surface area contributed by atoms with Crippen molar-refractivity contribution < 1.29 is 4.79 Å². The van der Waals surface area contributed by atoms with Crippen molar-refractivity contribution in [3.63, 3.8) is 0 Å². The maximum absolute atomic E-state index is 10.5. The summed E-state index contributed by atoms with van der Waals surface area (Å²) in [5.41, 5.74) is 6.24. The molecule has 0 aliphatic rings. The Bertz CT molecular complexity index is 236. The van der Waals surface area contributed by atoms with Crippen LogP contribution in [0, 0.1) is 5.92 Å². The third kappa shape index (κ3) is 3.76. The summed E-state index contributed by atoms with van der Waals surface area (Å²) < 4.78 is 0. The molecule has 66 valence electrons. The number of carbonyl (C=O) groups is 1. The molecule has 2 nitrogen and oxygen atoms in total. The van der Waals surface area contributed by atoms with Gasteiger partial charge in [-0.3, -0.25) is 4.79 Å². The third-order valence-corrected chi connectivity index (χ3v) is 1.56. The van der Waals surface area contributed by atoms with Gasteiger partial charge in [0, 0.05) is 5.57 Å². The lowest BCUT2D eigenvalue weighted by atomic mass is 10.0. The molecular formula is C10H15NO. The summed E-state index contributed by atoms with van der Waals surface area (Å²) in [6, 6.07) is 0. The van der Waals surface area contributed by atoms with Crippen LogP contribution in [0.5, 0.6) is 0 Å². The molecule has 0 heterocycles. The van der Waals surface area contributed by atoms with Crippen LogP contribution in [0.3, 0.4) is 0 Å². The van der Waals surface area contributed by atoms with Crippen LogP contribution in [0.1, 0.15) is 13.8 Å². The van der Waals surface area contributed by atoms with Gasteiger partial charge in [-0.15, -0.1) is 0 Å². The van der Waals surface area contributed by atoms with E-state index in [2.05, 4.69) is 13.2 Å². The minimum Gasteiger partial charge on any atom is -0.366 e. The maximum atomic E-state index is 10.5. The molecule has 0 saturated carbocycles. The fourth-order valence-corrected chi connectivity index (χ4v) is 0.482.